The normalized spacial score (nSPS) is 22.2. The maximum absolute atomic E-state index is 5.42. The number of hydrogen-bond donors (Lipinski definition) is 2. The summed E-state index contributed by atoms with van der Waals surface area (Å²) in [5.41, 5.74) is 6.43. The first-order valence-electron chi connectivity index (χ1n) is 4.30. The molecule has 0 saturated carbocycles. The molecule has 0 saturated heterocycles. The fourth-order valence-corrected chi connectivity index (χ4v) is 1.19. The molecule has 0 heterocycles. The zero-order valence-electron chi connectivity index (χ0n) is 7.42. The van der Waals surface area contributed by atoms with Crippen LogP contribution in [0.25, 0.3) is 0 Å². The minimum atomic E-state index is 0.248. The summed E-state index contributed by atoms with van der Waals surface area (Å²) in [6.07, 6.45) is 7.36. The molecule has 3 nitrogen and oxygen atoms in total. The van der Waals surface area contributed by atoms with Crippen molar-refractivity contribution in [3.05, 3.63) is 23.9 Å². The van der Waals surface area contributed by atoms with Crippen molar-refractivity contribution in [1.29, 1.82) is 0 Å². The maximum Gasteiger partial charge on any atom is 0.0794 e. The first kappa shape index (κ1) is 9.29. The second-order valence-corrected chi connectivity index (χ2v) is 2.63. The average Bonchev–Trinajstić information content (AvgIpc) is 2.09. The largest absolute Gasteiger partial charge is 0.374 e. The van der Waals surface area contributed by atoms with E-state index in [1.807, 2.05) is 13.0 Å². The molecule has 0 aromatic rings. The van der Waals surface area contributed by atoms with Gasteiger partial charge in [0.15, 0.2) is 0 Å². The van der Waals surface area contributed by atoms with Crippen LogP contribution < -0.4 is 11.1 Å². The lowest BCUT2D eigenvalue weighted by molar-refractivity contribution is 0.0974. The van der Waals surface area contributed by atoms with E-state index in [1.165, 1.54) is 0 Å². The lowest BCUT2D eigenvalue weighted by Crippen LogP contribution is -2.23. The van der Waals surface area contributed by atoms with Gasteiger partial charge in [0, 0.05) is 12.3 Å². The molecule has 0 aliphatic heterocycles. The summed E-state index contributed by atoms with van der Waals surface area (Å²) in [6.45, 7) is 3.25. The number of nitrogens with one attached hydrogen (secondary N) is 1. The Kier molecular flexibility index (Phi) is 3.84. The van der Waals surface area contributed by atoms with Gasteiger partial charge < -0.3 is 15.8 Å². The van der Waals surface area contributed by atoms with E-state index in [-0.39, 0.29) is 6.10 Å². The highest BCUT2D eigenvalue weighted by atomic mass is 16.5. The van der Waals surface area contributed by atoms with E-state index in [0.717, 1.165) is 18.7 Å². The number of ether oxygens (including phenoxy) is 1. The fraction of sp³-hybridized carbons (Fsp3) is 0.556. The Morgan fingerprint density at radius 3 is 3.08 bits per heavy atom. The summed E-state index contributed by atoms with van der Waals surface area (Å²) in [5, 5.41) is 3.04. The third kappa shape index (κ3) is 2.68. The standard InChI is InChI=1S/C9H16N2O/c1-2-12-9-5-3-8(4-6-9)11-7-10/h3-5,9,11H,2,6-7,10H2,1H3/t9-/m1/s1. The summed E-state index contributed by atoms with van der Waals surface area (Å²) in [6, 6.07) is 0. The van der Waals surface area contributed by atoms with Crippen LogP contribution in [0.2, 0.25) is 0 Å². The van der Waals surface area contributed by atoms with Crippen molar-refractivity contribution in [1.82, 2.24) is 5.32 Å². The molecule has 0 aromatic carbocycles. The Morgan fingerprint density at radius 2 is 2.58 bits per heavy atom. The molecular weight excluding hydrogens is 152 g/mol. The predicted octanol–water partition coefficient (Wildman–Crippen LogP) is 0.741. The number of allylic oxidation sites excluding steroid dienone is 1. The maximum atomic E-state index is 5.42. The smallest absolute Gasteiger partial charge is 0.0794 e. The Balaban J connectivity index is 2.33. The molecule has 3 N–H and O–H groups in total. The van der Waals surface area contributed by atoms with Crippen LogP contribution in [-0.2, 0) is 4.74 Å². The van der Waals surface area contributed by atoms with E-state index >= 15 is 0 Å². The Morgan fingerprint density at radius 1 is 1.75 bits per heavy atom. The van der Waals surface area contributed by atoms with Crippen LogP contribution in [0, 0.1) is 0 Å². The monoisotopic (exact) mass is 168 g/mol. The van der Waals surface area contributed by atoms with Crippen LogP contribution >= 0.6 is 0 Å². The Hall–Kier alpha value is -0.800. The van der Waals surface area contributed by atoms with Crippen LogP contribution in [0.4, 0.5) is 0 Å². The molecular formula is C9H16N2O. The molecule has 1 aliphatic carbocycles. The zero-order valence-corrected chi connectivity index (χ0v) is 7.42. The highest BCUT2D eigenvalue weighted by Crippen LogP contribution is 2.10. The molecule has 68 valence electrons. The van der Waals surface area contributed by atoms with Gasteiger partial charge in [0.05, 0.1) is 12.8 Å². The van der Waals surface area contributed by atoms with Crippen molar-refractivity contribution in [2.24, 2.45) is 5.73 Å². The minimum absolute atomic E-state index is 0.248. The van der Waals surface area contributed by atoms with Gasteiger partial charge in [0.2, 0.25) is 0 Å². The molecule has 0 radical (unpaired) electrons. The lowest BCUT2D eigenvalue weighted by atomic mass is 10.1. The Bertz CT molecular complexity index is 187. The van der Waals surface area contributed by atoms with E-state index in [0.29, 0.717) is 6.67 Å². The molecule has 3 heteroatoms. The van der Waals surface area contributed by atoms with Crippen molar-refractivity contribution in [2.45, 2.75) is 19.4 Å². The number of rotatable bonds is 4. The molecule has 0 fully saturated rings. The molecule has 0 spiro atoms. The van der Waals surface area contributed by atoms with E-state index in [9.17, 15) is 0 Å². The molecule has 12 heavy (non-hydrogen) atoms. The van der Waals surface area contributed by atoms with E-state index < -0.39 is 0 Å². The van der Waals surface area contributed by atoms with Gasteiger partial charge in [0.25, 0.3) is 0 Å². The average molecular weight is 168 g/mol. The number of hydrogen-bond acceptors (Lipinski definition) is 3. The zero-order chi connectivity index (χ0) is 8.81. The van der Waals surface area contributed by atoms with Gasteiger partial charge in [-0.05, 0) is 19.4 Å². The SMILES string of the molecule is CCO[C@@H]1C=CC(NCN)=CC1. The third-order valence-corrected chi connectivity index (χ3v) is 1.75. The first-order chi connectivity index (χ1) is 5.86. The molecule has 1 aliphatic rings. The van der Waals surface area contributed by atoms with Gasteiger partial charge in [-0.15, -0.1) is 0 Å². The fourth-order valence-electron chi connectivity index (χ4n) is 1.19. The lowest BCUT2D eigenvalue weighted by Gasteiger charge is -2.16. The minimum Gasteiger partial charge on any atom is -0.374 e. The van der Waals surface area contributed by atoms with Crippen LogP contribution in [0.3, 0.4) is 0 Å². The van der Waals surface area contributed by atoms with Gasteiger partial charge in [-0.25, -0.2) is 0 Å². The summed E-state index contributed by atoms with van der Waals surface area (Å²) < 4.78 is 5.42. The van der Waals surface area contributed by atoms with Crippen LogP contribution in [0.15, 0.2) is 23.9 Å². The van der Waals surface area contributed by atoms with Crippen molar-refractivity contribution >= 4 is 0 Å². The van der Waals surface area contributed by atoms with Gasteiger partial charge in [0.1, 0.15) is 0 Å². The van der Waals surface area contributed by atoms with Crippen LogP contribution in [0.5, 0.6) is 0 Å². The molecule has 1 atom stereocenters. The van der Waals surface area contributed by atoms with Gasteiger partial charge in [-0.3, -0.25) is 0 Å². The van der Waals surface area contributed by atoms with Crippen molar-refractivity contribution in [3.8, 4) is 0 Å². The summed E-state index contributed by atoms with van der Waals surface area (Å²) in [4.78, 5) is 0. The summed E-state index contributed by atoms with van der Waals surface area (Å²) in [5.74, 6) is 0. The topological polar surface area (TPSA) is 47.3 Å². The second kappa shape index (κ2) is 4.95. The van der Waals surface area contributed by atoms with Crippen molar-refractivity contribution < 1.29 is 4.74 Å². The highest BCUT2D eigenvalue weighted by Gasteiger charge is 2.06. The van der Waals surface area contributed by atoms with Crippen LogP contribution in [0.1, 0.15) is 13.3 Å². The molecule has 0 bridgehead atoms. The Labute approximate surface area is 73.3 Å². The summed E-state index contributed by atoms with van der Waals surface area (Å²) in [7, 11) is 0. The molecule has 0 aromatic heterocycles. The second-order valence-electron chi connectivity index (χ2n) is 2.63. The van der Waals surface area contributed by atoms with Gasteiger partial charge in [-0.2, -0.15) is 0 Å². The molecule has 0 unspecified atom stereocenters. The van der Waals surface area contributed by atoms with Crippen molar-refractivity contribution in [3.63, 3.8) is 0 Å². The molecule has 1 rings (SSSR count). The van der Waals surface area contributed by atoms with E-state index in [2.05, 4.69) is 17.5 Å². The highest BCUT2D eigenvalue weighted by molar-refractivity contribution is 5.22. The van der Waals surface area contributed by atoms with Crippen LogP contribution in [-0.4, -0.2) is 19.4 Å². The number of nitrogens with two attached hydrogens (primary N) is 1. The third-order valence-electron chi connectivity index (χ3n) is 1.75. The van der Waals surface area contributed by atoms with Crippen molar-refractivity contribution in [2.75, 3.05) is 13.3 Å². The van der Waals surface area contributed by atoms with E-state index in [1.54, 1.807) is 0 Å². The van der Waals surface area contributed by atoms with Gasteiger partial charge in [-0.1, -0.05) is 12.2 Å². The quantitative estimate of drug-likeness (QED) is 0.609. The van der Waals surface area contributed by atoms with Gasteiger partial charge >= 0.3 is 0 Å². The molecule has 0 amide bonds. The van der Waals surface area contributed by atoms with E-state index in [4.69, 9.17) is 10.5 Å². The predicted molar refractivity (Wildman–Crippen MR) is 49.4 cm³/mol. The summed E-state index contributed by atoms with van der Waals surface area (Å²) >= 11 is 0. The first-order valence-corrected chi connectivity index (χ1v) is 4.30.